The summed E-state index contributed by atoms with van der Waals surface area (Å²) >= 11 is 6.29. The topological polar surface area (TPSA) is 60.7 Å². The van der Waals surface area contributed by atoms with Crippen LogP contribution in [0, 0.1) is 6.92 Å². The highest BCUT2D eigenvalue weighted by molar-refractivity contribution is 6.31. The smallest absolute Gasteiger partial charge is 0.231 e. The van der Waals surface area contributed by atoms with Crippen LogP contribution in [0.2, 0.25) is 5.02 Å². The summed E-state index contributed by atoms with van der Waals surface area (Å²) in [7, 11) is 0. The first-order valence-electron chi connectivity index (χ1n) is 8.45. The summed E-state index contributed by atoms with van der Waals surface area (Å²) in [5.74, 6) is 2.29. The van der Waals surface area contributed by atoms with Crippen molar-refractivity contribution in [2.24, 2.45) is 0 Å². The molecule has 0 saturated carbocycles. The Balaban J connectivity index is 1.68. The molecule has 3 heterocycles. The second-order valence-electron chi connectivity index (χ2n) is 6.22. The molecule has 0 radical (unpaired) electrons. The molecule has 7 heteroatoms. The predicted octanol–water partition coefficient (Wildman–Crippen LogP) is 4.83. The normalized spacial score (nSPS) is 12.5. The van der Waals surface area contributed by atoms with E-state index < -0.39 is 0 Å². The largest absolute Gasteiger partial charge is 0.454 e. The van der Waals surface area contributed by atoms with E-state index in [0.717, 1.165) is 39.7 Å². The Kier molecular flexibility index (Phi) is 3.65. The third-order valence-corrected chi connectivity index (χ3v) is 5.01. The molecular weight excluding hydrogens is 364 g/mol. The number of imidazole rings is 1. The molecule has 2 aromatic carbocycles. The number of ether oxygens (including phenoxy) is 2. The van der Waals surface area contributed by atoms with Crippen LogP contribution >= 0.6 is 11.6 Å². The molecule has 0 amide bonds. The van der Waals surface area contributed by atoms with Gasteiger partial charge in [0.2, 0.25) is 6.79 Å². The lowest BCUT2D eigenvalue weighted by Crippen LogP contribution is -1.99. The molecule has 6 nitrogen and oxygen atoms in total. The molecule has 1 aliphatic heterocycles. The summed E-state index contributed by atoms with van der Waals surface area (Å²) in [6.45, 7) is 2.22. The third kappa shape index (κ3) is 2.65. The Bertz CT molecular complexity index is 1170. The Hall–Kier alpha value is -3.25. The molecular formula is C20H15ClN4O2. The van der Waals surface area contributed by atoms with Crippen molar-refractivity contribution in [2.45, 2.75) is 6.92 Å². The van der Waals surface area contributed by atoms with E-state index in [1.165, 1.54) is 0 Å². The van der Waals surface area contributed by atoms with Crippen molar-refractivity contribution in [3.63, 3.8) is 0 Å². The first kappa shape index (κ1) is 16.0. The molecule has 0 unspecified atom stereocenters. The van der Waals surface area contributed by atoms with Crippen LogP contribution in [-0.4, -0.2) is 21.2 Å². The fraction of sp³-hybridized carbons (Fsp3) is 0.100. The van der Waals surface area contributed by atoms with E-state index >= 15 is 0 Å². The highest BCUT2D eigenvalue weighted by Gasteiger charge is 2.19. The van der Waals surface area contributed by atoms with E-state index in [0.29, 0.717) is 10.8 Å². The molecule has 134 valence electrons. The summed E-state index contributed by atoms with van der Waals surface area (Å²) in [6, 6.07) is 11.6. The van der Waals surface area contributed by atoms with Gasteiger partial charge in [-0.05, 0) is 42.8 Å². The van der Waals surface area contributed by atoms with Crippen molar-refractivity contribution >= 4 is 28.8 Å². The molecule has 0 spiro atoms. The van der Waals surface area contributed by atoms with Crippen molar-refractivity contribution in [2.75, 3.05) is 12.1 Å². The molecule has 5 rings (SSSR count). The van der Waals surface area contributed by atoms with Crippen LogP contribution in [0.1, 0.15) is 5.56 Å². The lowest BCUT2D eigenvalue weighted by atomic mass is 10.1. The molecule has 0 fully saturated rings. The Labute approximate surface area is 160 Å². The zero-order chi connectivity index (χ0) is 18.4. The molecule has 2 aromatic heterocycles. The maximum atomic E-state index is 6.29. The average Bonchev–Trinajstić information content (AvgIpc) is 3.29. The van der Waals surface area contributed by atoms with Gasteiger partial charge >= 0.3 is 0 Å². The van der Waals surface area contributed by atoms with Gasteiger partial charge in [0.25, 0.3) is 0 Å². The number of benzene rings is 2. The van der Waals surface area contributed by atoms with Gasteiger partial charge < -0.3 is 14.8 Å². The van der Waals surface area contributed by atoms with Crippen molar-refractivity contribution in [1.82, 2.24) is 14.4 Å². The minimum Gasteiger partial charge on any atom is -0.454 e. The highest BCUT2D eigenvalue weighted by Crippen LogP contribution is 2.39. The summed E-state index contributed by atoms with van der Waals surface area (Å²) < 4.78 is 12.9. The van der Waals surface area contributed by atoms with E-state index in [-0.39, 0.29) is 6.79 Å². The van der Waals surface area contributed by atoms with Gasteiger partial charge in [0, 0.05) is 28.7 Å². The number of hydrogen-bond donors (Lipinski definition) is 1. The molecule has 4 aromatic rings. The highest BCUT2D eigenvalue weighted by atomic mass is 35.5. The maximum Gasteiger partial charge on any atom is 0.231 e. The molecule has 0 atom stereocenters. The summed E-state index contributed by atoms with van der Waals surface area (Å²) in [4.78, 5) is 8.95. The van der Waals surface area contributed by atoms with E-state index in [1.807, 2.05) is 53.9 Å². The first-order chi connectivity index (χ1) is 13.2. The monoisotopic (exact) mass is 378 g/mol. The SMILES string of the molecule is Cc1c(Cl)cccc1Nc1c(-c2ccc3c(c2)OCO3)nc2cnccn12. The van der Waals surface area contributed by atoms with E-state index in [2.05, 4.69) is 10.3 Å². The lowest BCUT2D eigenvalue weighted by Gasteiger charge is -2.12. The number of fused-ring (bicyclic) bond motifs is 2. The summed E-state index contributed by atoms with van der Waals surface area (Å²) in [5, 5.41) is 4.20. The van der Waals surface area contributed by atoms with Crippen molar-refractivity contribution in [3.05, 3.63) is 65.6 Å². The minimum atomic E-state index is 0.237. The predicted molar refractivity (Wildman–Crippen MR) is 104 cm³/mol. The van der Waals surface area contributed by atoms with E-state index in [9.17, 15) is 0 Å². The average molecular weight is 379 g/mol. The zero-order valence-electron chi connectivity index (χ0n) is 14.4. The van der Waals surface area contributed by atoms with Crippen LogP contribution in [0.25, 0.3) is 16.9 Å². The number of nitrogens with one attached hydrogen (secondary N) is 1. The Morgan fingerprint density at radius 3 is 2.96 bits per heavy atom. The molecule has 27 heavy (non-hydrogen) atoms. The molecule has 1 aliphatic rings. The van der Waals surface area contributed by atoms with Gasteiger partial charge in [-0.15, -0.1) is 0 Å². The summed E-state index contributed by atoms with van der Waals surface area (Å²) in [6.07, 6.45) is 5.33. The lowest BCUT2D eigenvalue weighted by molar-refractivity contribution is 0.174. The fourth-order valence-corrected chi connectivity index (χ4v) is 3.32. The van der Waals surface area contributed by atoms with Gasteiger partial charge in [0.1, 0.15) is 11.5 Å². The maximum absolute atomic E-state index is 6.29. The third-order valence-electron chi connectivity index (χ3n) is 4.60. The van der Waals surface area contributed by atoms with Crippen LogP contribution < -0.4 is 14.8 Å². The standard InChI is InChI=1S/C20H15ClN4O2/c1-12-14(21)3-2-4-15(12)23-20-19(24-18-10-22-7-8-25(18)20)13-5-6-16-17(9-13)27-11-26-16/h2-10,23H,11H2,1H3. The number of hydrogen-bond acceptors (Lipinski definition) is 5. The molecule has 0 saturated heterocycles. The van der Waals surface area contributed by atoms with Gasteiger partial charge in [-0.2, -0.15) is 0 Å². The number of aromatic nitrogens is 3. The second kappa shape index (κ2) is 6.17. The Morgan fingerprint density at radius 2 is 2.04 bits per heavy atom. The quantitative estimate of drug-likeness (QED) is 0.553. The molecule has 0 bridgehead atoms. The van der Waals surface area contributed by atoms with Gasteiger partial charge in [-0.1, -0.05) is 17.7 Å². The zero-order valence-corrected chi connectivity index (χ0v) is 15.2. The van der Waals surface area contributed by atoms with E-state index in [4.69, 9.17) is 26.1 Å². The van der Waals surface area contributed by atoms with Crippen molar-refractivity contribution in [1.29, 1.82) is 0 Å². The van der Waals surface area contributed by atoms with Crippen LogP contribution in [0.5, 0.6) is 11.5 Å². The molecule has 1 N–H and O–H groups in total. The van der Waals surface area contributed by atoms with Crippen molar-refractivity contribution in [3.8, 4) is 22.8 Å². The van der Waals surface area contributed by atoms with Crippen LogP contribution in [0.3, 0.4) is 0 Å². The van der Waals surface area contributed by atoms with Gasteiger partial charge in [0.05, 0.1) is 6.20 Å². The molecule has 0 aliphatic carbocycles. The van der Waals surface area contributed by atoms with Crippen LogP contribution in [0.4, 0.5) is 11.5 Å². The summed E-state index contributed by atoms with van der Waals surface area (Å²) in [5.41, 5.74) is 4.35. The fourth-order valence-electron chi connectivity index (χ4n) is 3.14. The second-order valence-corrected chi connectivity index (χ2v) is 6.63. The van der Waals surface area contributed by atoms with Crippen LogP contribution in [0.15, 0.2) is 55.0 Å². The van der Waals surface area contributed by atoms with Gasteiger partial charge in [0.15, 0.2) is 17.1 Å². The minimum absolute atomic E-state index is 0.237. The van der Waals surface area contributed by atoms with Gasteiger partial charge in [-0.25, -0.2) is 4.98 Å². The number of halogens is 1. The Morgan fingerprint density at radius 1 is 1.15 bits per heavy atom. The van der Waals surface area contributed by atoms with Crippen LogP contribution in [-0.2, 0) is 0 Å². The number of anilines is 2. The first-order valence-corrected chi connectivity index (χ1v) is 8.83. The van der Waals surface area contributed by atoms with Gasteiger partial charge in [-0.3, -0.25) is 9.38 Å². The van der Waals surface area contributed by atoms with Crippen molar-refractivity contribution < 1.29 is 9.47 Å². The number of nitrogens with zero attached hydrogens (tertiary/aromatic N) is 3. The van der Waals surface area contributed by atoms with E-state index in [1.54, 1.807) is 12.4 Å². The number of rotatable bonds is 3.